The van der Waals surface area contributed by atoms with Crippen LogP contribution in [0.25, 0.3) is 10.2 Å². The van der Waals surface area contributed by atoms with E-state index in [-0.39, 0.29) is 5.91 Å². The lowest BCUT2D eigenvalue weighted by Gasteiger charge is -2.30. The van der Waals surface area contributed by atoms with E-state index in [9.17, 15) is 4.79 Å². The number of nitrogens with one attached hydrogen (secondary N) is 2. The second kappa shape index (κ2) is 9.55. The predicted octanol–water partition coefficient (Wildman–Crippen LogP) is 0.247. The largest absolute Gasteiger partial charge is 0.497 e. The van der Waals surface area contributed by atoms with Gasteiger partial charge in [0, 0.05) is 13.6 Å². The number of carbonyl (C=O) groups is 1. The van der Waals surface area contributed by atoms with Gasteiger partial charge in [0.05, 0.1) is 17.3 Å². The maximum absolute atomic E-state index is 12.7. The van der Waals surface area contributed by atoms with Gasteiger partial charge in [-0.05, 0) is 29.8 Å². The Morgan fingerprint density at radius 1 is 1.10 bits per heavy atom. The van der Waals surface area contributed by atoms with Crippen LogP contribution in [0.5, 0.6) is 5.75 Å². The zero-order chi connectivity index (χ0) is 20.9. The van der Waals surface area contributed by atoms with Crippen molar-refractivity contribution >= 4 is 27.5 Å². The molecular formula is C23H30N4O2S+2. The maximum atomic E-state index is 12.7. The van der Waals surface area contributed by atoms with Crippen LogP contribution in [0.1, 0.15) is 10.6 Å². The second-order valence-electron chi connectivity index (χ2n) is 8.03. The van der Waals surface area contributed by atoms with Crippen molar-refractivity contribution in [2.24, 2.45) is 0 Å². The third-order valence-corrected chi connectivity index (χ3v) is 6.82. The molecule has 1 saturated heterocycles. The number of carbonyl (C=O) groups excluding carboxylic acids is 1. The molecule has 1 amide bonds. The van der Waals surface area contributed by atoms with Crippen molar-refractivity contribution in [2.45, 2.75) is 13.1 Å². The summed E-state index contributed by atoms with van der Waals surface area (Å²) < 4.78 is 6.54. The molecule has 4 rings (SSSR count). The Balaban J connectivity index is 1.24. The number of hydrogen-bond donors (Lipinski definition) is 2. The van der Waals surface area contributed by atoms with Crippen LogP contribution < -0.4 is 14.5 Å². The van der Waals surface area contributed by atoms with Gasteiger partial charge in [0.15, 0.2) is 6.54 Å². The Labute approximate surface area is 181 Å². The van der Waals surface area contributed by atoms with Crippen LogP contribution >= 0.6 is 11.3 Å². The average molecular weight is 427 g/mol. The highest BCUT2D eigenvalue weighted by atomic mass is 32.1. The lowest BCUT2D eigenvalue weighted by atomic mass is 10.2. The normalized spacial score (nSPS) is 19.0. The quantitative estimate of drug-likeness (QED) is 0.570. The van der Waals surface area contributed by atoms with Crippen LogP contribution in [0.15, 0.2) is 48.5 Å². The molecule has 2 N–H and O–H groups in total. The molecule has 6 nitrogen and oxygen atoms in total. The monoisotopic (exact) mass is 426 g/mol. The minimum atomic E-state index is 0.197. The first kappa shape index (κ1) is 20.8. The molecule has 0 atom stereocenters. The van der Waals surface area contributed by atoms with E-state index >= 15 is 0 Å². The summed E-state index contributed by atoms with van der Waals surface area (Å²) in [5, 5.41) is 1.21. The number of fused-ring (bicyclic) bond motifs is 1. The van der Waals surface area contributed by atoms with Gasteiger partial charge in [-0.25, -0.2) is 4.98 Å². The number of rotatable bonds is 7. The van der Waals surface area contributed by atoms with E-state index in [0.717, 1.165) is 49.6 Å². The van der Waals surface area contributed by atoms with Crippen molar-refractivity contribution in [3.8, 4) is 5.75 Å². The Bertz CT molecular complexity index is 965. The zero-order valence-electron chi connectivity index (χ0n) is 17.7. The molecule has 158 valence electrons. The van der Waals surface area contributed by atoms with Crippen molar-refractivity contribution in [3.05, 3.63) is 59.1 Å². The smallest absolute Gasteiger partial charge is 0.277 e. The number of thiazole rings is 1. The van der Waals surface area contributed by atoms with Crippen LogP contribution in [0.3, 0.4) is 0 Å². The first-order valence-electron chi connectivity index (χ1n) is 10.5. The number of nitrogens with zero attached hydrogens (tertiary/aromatic N) is 2. The molecule has 0 radical (unpaired) electrons. The fourth-order valence-electron chi connectivity index (χ4n) is 4.00. The summed E-state index contributed by atoms with van der Waals surface area (Å²) in [6.07, 6.45) is 0. The van der Waals surface area contributed by atoms with E-state index in [4.69, 9.17) is 9.72 Å². The number of ether oxygens (including phenoxy) is 1. The minimum Gasteiger partial charge on any atom is -0.497 e. The SMILES string of the molecule is COc1cccc(CN(C)C(=O)C[NH+]2CC[NH+](Cc3nc4ccccc4s3)CC2)c1. The molecular weight excluding hydrogens is 396 g/mol. The van der Waals surface area contributed by atoms with Gasteiger partial charge in [-0.15, -0.1) is 11.3 Å². The highest BCUT2D eigenvalue weighted by molar-refractivity contribution is 7.18. The number of amides is 1. The van der Waals surface area contributed by atoms with Crippen molar-refractivity contribution in [2.75, 3.05) is 46.9 Å². The molecule has 3 aromatic rings. The van der Waals surface area contributed by atoms with Crippen molar-refractivity contribution in [1.29, 1.82) is 0 Å². The molecule has 2 aromatic carbocycles. The summed E-state index contributed by atoms with van der Waals surface area (Å²) in [6, 6.07) is 16.2. The standard InChI is InChI=1S/C23H28N4O2S/c1-25(15-18-6-5-7-19(14-18)29-2)23(28)17-27-12-10-26(11-13-27)16-22-24-20-8-3-4-9-21(20)30-22/h3-9,14H,10-13,15-17H2,1-2H3/p+2. The van der Waals surface area contributed by atoms with Crippen LogP contribution in [-0.2, 0) is 17.9 Å². The van der Waals surface area contributed by atoms with E-state index in [1.54, 1.807) is 23.3 Å². The molecule has 1 aromatic heterocycles. The zero-order valence-corrected chi connectivity index (χ0v) is 18.5. The van der Waals surface area contributed by atoms with Gasteiger partial charge < -0.3 is 19.4 Å². The van der Waals surface area contributed by atoms with Crippen LogP contribution in [0.4, 0.5) is 0 Å². The number of piperazine rings is 1. The molecule has 0 aliphatic carbocycles. The fraction of sp³-hybridized carbons (Fsp3) is 0.391. The highest BCUT2D eigenvalue weighted by Gasteiger charge is 2.26. The summed E-state index contributed by atoms with van der Waals surface area (Å²) in [5.41, 5.74) is 2.19. The predicted molar refractivity (Wildman–Crippen MR) is 119 cm³/mol. The number of methoxy groups -OCH3 is 1. The van der Waals surface area contributed by atoms with Crippen LogP contribution in [-0.4, -0.2) is 62.7 Å². The number of likely N-dealkylation sites (N-methyl/N-ethyl adjacent to an activating group) is 1. The van der Waals surface area contributed by atoms with Crippen LogP contribution in [0.2, 0.25) is 0 Å². The van der Waals surface area contributed by atoms with E-state index < -0.39 is 0 Å². The molecule has 0 saturated carbocycles. The van der Waals surface area contributed by atoms with Gasteiger partial charge in [-0.2, -0.15) is 0 Å². The van der Waals surface area contributed by atoms with Gasteiger partial charge in [0.2, 0.25) is 0 Å². The number of hydrogen-bond acceptors (Lipinski definition) is 4. The molecule has 1 fully saturated rings. The minimum absolute atomic E-state index is 0.197. The Hall–Kier alpha value is -2.48. The topological polar surface area (TPSA) is 51.3 Å². The summed E-state index contributed by atoms with van der Waals surface area (Å²) in [7, 11) is 3.55. The second-order valence-corrected chi connectivity index (χ2v) is 9.15. The third kappa shape index (κ3) is 5.16. The van der Waals surface area contributed by atoms with Gasteiger partial charge in [0.1, 0.15) is 43.5 Å². The van der Waals surface area contributed by atoms with E-state index in [1.165, 1.54) is 14.6 Å². The molecule has 0 spiro atoms. The van der Waals surface area contributed by atoms with Crippen molar-refractivity contribution in [1.82, 2.24) is 9.88 Å². The number of quaternary nitrogens is 2. The third-order valence-electron chi connectivity index (χ3n) is 5.78. The summed E-state index contributed by atoms with van der Waals surface area (Å²) in [6.45, 7) is 6.37. The van der Waals surface area contributed by atoms with Gasteiger partial charge in [-0.1, -0.05) is 24.3 Å². The summed E-state index contributed by atoms with van der Waals surface area (Å²) in [5.74, 6) is 1.02. The van der Waals surface area contributed by atoms with Gasteiger partial charge in [-0.3, -0.25) is 4.79 Å². The lowest BCUT2D eigenvalue weighted by molar-refractivity contribution is -1.02. The molecule has 30 heavy (non-hydrogen) atoms. The Kier molecular flexibility index (Phi) is 6.62. The first-order chi connectivity index (χ1) is 14.6. The molecule has 0 bridgehead atoms. The van der Waals surface area contributed by atoms with E-state index in [1.807, 2.05) is 42.3 Å². The number of aromatic nitrogens is 1. The van der Waals surface area contributed by atoms with Crippen molar-refractivity contribution < 1.29 is 19.3 Å². The van der Waals surface area contributed by atoms with Gasteiger partial charge in [0.25, 0.3) is 5.91 Å². The lowest BCUT2D eigenvalue weighted by Crippen LogP contribution is -3.28. The summed E-state index contributed by atoms with van der Waals surface area (Å²) >= 11 is 1.80. The Morgan fingerprint density at radius 3 is 2.63 bits per heavy atom. The molecule has 7 heteroatoms. The molecule has 0 unspecified atom stereocenters. The van der Waals surface area contributed by atoms with Crippen molar-refractivity contribution in [3.63, 3.8) is 0 Å². The number of benzene rings is 2. The van der Waals surface area contributed by atoms with E-state index in [0.29, 0.717) is 13.1 Å². The molecule has 2 heterocycles. The summed E-state index contributed by atoms with van der Waals surface area (Å²) in [4.78, 5) is 22.2. The highest BCUT2D eigenvalue weighted by Crippen LogP contribution is 2.20. The average Bonchev–Trinajstić information content (AvgIpc) is 3.17. The van der Waals surface area contributed by atoms with Gasteiger partial charge >= 0.3 is 0 Å². The maximum Gasteiger partial charge on any atom is 0.277 e. The fourth-order valence-corrected chi connectivity index (χ4v) is 5.04. The molecule has 1 aliphatic heterocycles. The molecule has 1 aliphatic rings. The first-order valence-corrected chi connectivity index (χ1v) is 11.3. The van der Waals surface area contributed by atoms with E-state index in [2.05, 4.69) is 18.2 Å². The Morgan fingerprint density at radius 2 is 1.87 bits per heavy atom. The van der Waals surface area contributed by atoms with Crippen LogP contribution in [0, 0.1) is 0 Å². The number of para-hydroxylation sites is 1.